The van der Waals surface area contributed by atoms with Crippen LogP contribution in [0.1, 0.15) is 20.8 Å². The molecule has 1 aromatic heterocycles. The van der Waals surface area contributed by atoms with Gasteiger partial charge in [-0.3, -0.25) is 10.1 Å². The molecule has 3 aromatic rings. The van der Waals surface area contributed by atoms with Gasteiger partial charge in [-0.05, 0) is 18.2 Å². The number of carbonyl (C=O) groups is 2. The minimum atomic E-state index is -0.925. The van der Waals surface area contributed by atoms with Crippen LogP contribution in [0.15, 0.2) is 42.5 Å². The van der Waals surface area contributed by atoms with Gasteiger partial charge in [-0.2, -0.15) is 5.10 Å². The van der Waals surface area contributed by atoms with Gasteiger partial charge in [0.25, 0.3) is 5.69 Å². The van der Waals surface area contributed by atoms with E-state index in [9.17, 15) is 19.7 Å². The zero-order chi connectivity index (χ0) is 22.0. The van der Waals surface area contributed by atoms with Gasteiger partial charge in [0.15, 0.2) is 5.69 Å². The molecule has 0 saturated carbocycles. The van der Waals surface area contributed by atoms with E-state index in [0.29, 0.717) is 5.69 Å². The van der Waals surface area contributed by atoms with Crippen LogP contribution in [0, 0.1) is 10.1 Å². The molecule has 3 rings (SSSR count). The average Bonchev–Trinajstić information content (AvgIpc) is 3.13. The van der Waals surface area contributed by atoms with Crippen molar-refractivity contribution >= 4 is 40.8 Å². The predicted molar refractivity (Wildman–Crippen MR) is 108 cm³/mol. The quantitative estimate of drug-likeness (QED) is 0.323. The van der Waals surface area contributed by atoms with Crippen molar-refractivity contribution < 1.29 is 24.0 Å². The number of aromatic nitrogens is 2. The number of hydrogen-bond acceptors (Lipinski definition) is 7. The van der Waals surface area contributed by atoms with E-state index in [1.54, 1.807) is 30.3 Å². The van der Waals surface area contributed by atoms with Gasteiger partial charge in [0.1, 0.15) is 16.3 Å². The summed E-state index contributed by atoms with van der Waals surface area (Å²) in [5, 5.41) is 15.3. The molecule has 0 atom stereocenters. The van der Waals surface area contributed by atoms with E-state index in [0.717, 1.165) is 20.3 Å². The second-order valence-corrected chi connectivity index (χ2v) is 6.60. The molecule has 0 radical (unpaired) electrons. The van der Waals surface area contributed by atoms with Crippen molar-refractivity contribution in [1.29, 1.82) is 0 Å². The van der Waals surface area contributed by atoms with Crippen molar-refractivity contribution in [1.82, 2.24) is 9.78 Å². The summed E-state index contributed by atoms with van der Waals surface area (Å²) in [5.41, 5.74) is -0.813. The van der Waals surface area contributed by atoms with E-state index in [1.165, 1.54) is 10.7 Å². The largest absolute Gasteiger partial charge is 0.465 e. The summed E-state index contributed by atoms with van der Waals surface area (Å²) < 4.78 is 10.8. The zero-order valence-corrected chi connectivity index (χ0v) is 17.1. The Hall–Kier alpha value is -3.43. The second-order valence-electron chi connectivity index (χ2n) is 5.82. The number of halogens is 2. The number of benzene rings is 2. The number of nitro benzene ring substituents is 1. The fourth-order valence-electron chi connectivity index (χ4n) is 2.83. The molecule has 0 aliphatic carbocycles. The molecule has 0 aliphatic heterocycles. The summed E-state index contributed by atoms with van der Waals surface area (Å²) >= 11 is 12.5. The van der Waals surface area contributed by atoms with Gasteiger partial charge in [0, 0.05) is 11.6 Å². The molecule has 0 unspecified atom stereocenters. The van der Waals surface area contributed by atoms with E-state index >= 15 is 0 Å². The summed E-state index contributed by atoms with van der Waals surface area (Å²) in [4.78, 5) is 35.8. The van der Waals surface area contributed by atoms with Crippen molar-refractivity contribution in [3.63, 3.8) is 0 Å². The van der Waals surface area contributed by atoms with Crippen molar-refractivity contribution in [2.24, 2.45) is 0 Å². The van der Waals surface area contributed by atoms with E-state index < -0.39 is 22.5 Å². The summed E-state index contributed by atoms with van der Waals surface area (Å²) in [5.74, 6) is -1.80. The molecule has 0 aliphatic rings. The normalized spacial score (nSPS) is 10.5. The Labute approximate surface area is 179 Å². The maximum atomic E-state index is 12.6. The van der Waals surface area contributed by atoms with Crippen molar-refractivity contribution in [3.8, 4) is 16.9 Å². The highest BCUT2D eigenvalue weighted by Crippen LogP contribution is 2.42. The van der Waals surface area contributed by atoms with Crippen LogP contribution in [0.4, 0.5) is 5.69 Å². The number of nitrogens with zero attached hydrogens (tertiary/aromatic N) is 3. The first kappa shape index (κ1) is 21.3. The number of hydrogen-bond donors (Lipinski definition) is 0. The van der Waals surface area contributed by atoms with E-state index in [-0.39, 0.29) is 32.6 Å². The fraction of sp³-hybridized carbons (Fsp3) is 0.105. The van der Waals surface area contributed by atoms with Crippen LogP contribution in [0.25, 0.3) is 16.9 Å². The molecule has 0 N–H and O–H groups in total. The highest BCUT2D eigenvalue weighted by Gasteiger charge is 2.34. The number of methoxy groups -OCH3 is 2. The Kier molecular flexibility index (Phi) is 6.04. The molecule has 0 spiro atoms. The van der Waals surface area contributed by atoms with Gasteiger partial charge in [0.2, 0.25) is 0 Å². The van der Waals surface area contributed by atoms with Crippen molar-refractivity contribution in [2.45, 2.75) is 0 Å². The van der Waals surface area contributed by atoms with Gasteiger partial charge in [-0.25, -0.2) is 14.3 Å². The maximum absolute atomic E-state index is 12.6. The molecule has 1 heterocycles. The number of nitro groups is 1. The smallest absolute Gasteiger partial charge is 0.357 e. The Bertz CT molecular complexity index is 1160. The van der Waals surface area contributed by atoms with E-state index in [4.69, 9.17) is 32.7 Å². The number of rotatable bonds is 5. The molecule has 9 nitrogen and oxygen atoms in total. The highest BCUT2D eigenvalue weighted by atomic mass is 35.5. The predicted octanol–water partition coefficient (Wildman–Crippen LogP) is 4.33. The Balaban J connectivity index is 2.46. The monoisotopic (exact) mass is 449 g/mol. The molecule has 0 amide bonds. The first-order valence-corrected chi connectivity index (χ1v) is 9.05. The lowest BCUT2D eigenvalue weighted by atomic mass is 10.0. The lowest BCUT2D eigenvalue weighted by Gasteiger charge is -2.07. The Morgan fingerprint density at radius 3 is 2.23 bits per heavy atom. The third-order valence-corrected chi connectivity index (χ3v) is 4.86. The molecule has 2 aromatic carbocycles. The van der Waals surface area contributed by atoms with E-state index in [1.807, 2.05) is 0 Å². The third-order valence-electron chi connectivity index (χ3n) is 4.16. The Morgan fingerprint density at radius 1 is 1.03 bits per heavy atom. The first-order chi connectivity index (χ1) is 14.3. The molecule has 0 bridgehead atoms. The van der Waals surface area contributed by atoms with E-state index in [2.05, 4.69) is 5.10 Å². The molecule has 30 heavy (non-hydrogen) atoms. The summed E-state index contributed by atoms with van der Waals surface area (Å²) in [6, 6.07) is 10.8. The Morgan fingerprint density at radius 2 is 1.67 bits per heavy atom. The number of esters is 2. The van der Waals surface area contributed by atoms with Crippen LogP contribution in [0.3, 0.4) is 0 Å². The summed E-state index contributed by atoms with van der Waals surface area (Å²) in [6.07, 6.45) is 0. The standard InChI is InChI=1S/C19H13Cl2N3O6/c1-29-18(25)14-16(13-11(20)8-9-12(15(13)21)24(27)28)22-23(17(14)19(26)30-2)10-6-4-3-5-7-10/h3-9H,1-2H3. The van der Waals surface area contributed by atoms with Crippen LogP contribution < -0.4 is 0 Å². The molecular weight excluding hydrogens is 437 g/mol. The highest BCUT2D eigenvalue weighted by molar-refractivity contribution is 6.40. The van der Waals surface area contributed by atoms with Crippen LogP contribution in [0.5, 0.6) is 0 Å². The average molecular weight is 450 g/mol. The van der Waals surface area contributed by atoms with Gasteiger partial charge in [-0.1, -0.05) is 41.4 Å². The molecule has 0 saturated heterocycles. The van der Waals surface area contributed by atoms with Crippen molar-refractivity contribution in [3.05, 3.63) is 73.9 Å². The van der Waals surface area contributed by atoms with Crippen LogP contribution in [0.2, 0.25) is 10.0 Å². The fourth-order valence-corrected chi connectivity index (χ4v) is 3.45. The van der Waals surface area contributed by atoms with Crippen molar-refractivity contribution in [2.75, 3.05) is 14.2 Å². The van der Waals surface area contributed by atoms with Gasteiger partial charge in [-0.15, -0.1) is 0 Å². The molecule has 154 valence electrons. The van der Waals surface area contributed by atoms with Gasteiger partial charge < -0.3 is 9.47 Å². The summed E-state index contributed by atoms with van der Waals surface area (Å²) in [7, 11) is 2.25. The molecule has 11 heteroatoms. The molecular formula is C19H13Cl2N3O6. The SMILES string of the molecule is COC(=O)c1c(-c2c(Cl)ccc([N+](=O)[O-])c2Cl)nn(-c2ccccc2)c1C(=O)OC. The van der Waals surface area contributed by atoms with Gasteiger partial charge >= 0.3 is 11.9 Å². The lowest BCUT2D eigenvalue weighted by Crippen LogP contribution is -2.15. The number of ether oxygens (including phenoxy) is 2. The first-order valence-electron chi connectivity index (χ1n) is 8.29. The molecule has 0 fully saturated rings. The van der Waals surface area contributed by atoms with Crippen LogP contribution in [-0.2, 0) is 9.47 Å². The number of carbonyl (C=O) groups excluding carboxylic acids is 2. The number of para-hydroxylation sites is 1. The van der Waals surface area contributed by atoms with Crippen LogP contribution in [-0.4, -0.2) is 40.9 Å². The summed E-state index contributed by atoms with van der Waals surface area (Å²) in [6.45, 7) is 0. The minimum Gasteiger partial charge on any atom is -0.465 e. The minimum absolute atomic E-state index is 0.00937. The maximum Gasteiger partial charge on any atom is 0.357 e. The topological polar surface area (TPSA) is 114 Å². The van der Waals surface area contributed by atoms with Crippen LogP contribution >= 0.6 is 23.2 Å². The zero-order valence-electron chi connectivity index (χ0n) is 15.6. The second kappa shape index (κ2) is 8.52. The third kappa shape index (κ3) is 3.60. The van der Waals surface area contributed by atoms with Gasteiger partial charge in [0.05, 0.1) is 29.9 Å². The lowest BCUT2D eigenvalue weighted by molar-refractivity contribution is -0.384.